The predicted molar refractivity (Wildman–Crippen MR) is 150 cm³/mol. The number of anilines is 1. The minimum absolute atomic E-state index is 0.207. The SMILES string of the molecule is N#Cc1cc(-c2ncnc3c2N=C(c2ccc(N4CCOCC4)cc2)C3)ccc1OC1CCN(S(N)(=O)=O)CC1. The number of rotatable bonds is 6. The summed E-state index contributed by atoms with van der Waals surface area (Å²) in [5.41, 5.74) is 6.48. The Bertz CT molecular complexity index is 1590. The van der Waals surface area contributed by atoms with Gasteiger partial charge in [0.25, 0.3) is 10.2 Å². The van der Waals surface area contributed by atoms with Gasteiger partial charge in [-0.1, -0.05) is 12.1 Å². The molecule has 0 unspecified atom stereocenters. The molecule has 3 aliphatic heterocycles. The summed E-state index contributed by atoms with van der Waals surface area (Å²) < 4.78 is 35.9. The van der Waals surface area contributed by atoms with Crippen molar-refractivity contribution in [3.8, 4) is 23.1 Å². The smallest absolute Gasteiger partial charge is 0.276 e. The van der Waals surface area contributed by atoms with Gasteiger partial charge in [0.15, 0.2) is 0 Å². The summed E-state index contributed by atoms with van der Waals surface area (Å²) >= 11 is 0. The number of nitrogens with two attached hydrogens (primary N) is 1. The summed E-state index contributed by atoms with van der Waals surface area (Å²) in [6.07, 6.45) is 2.91. The molecule has 206 valence electrons. The fraction of sp³-hybridized carbons (Fsp3) is 0.357. The van der Waals surface area contributed by atoms with E-state index in [2.05, 4.69) is 45.2 Å². The van der Waals surface area contributed by atoms with Gasteiger partial charge in [-0.25, -0.2) is 20.1 Å². The number of benzene rings is 2. The molecule has 0 saturated carbocycles. The van der Waals surface area contributed by atoms with Crippen LogP contribution < -0.4 is 14.8 Å². The van der Waals surface area contributed by atoms with Gasteiger partial charge in [0.1, 0.15) is 29.9 Å². The highest BCUT2D eigenvalue weighted by Gasteiger charge is 2.27. The molecule has 2 fully saturated rings. The molecule has 0 aliphatic carbocycles. The number of morpholine rings is 1. The first-order valence-corrected chi connectivity index (χ1v) is 14.7. The fourth-order valence-electron chi connectivity index (χ4n) is 5.31. The van der Waals surface area contributed by atoms with Gasteiger partial charge in [-0.3, -0.25) is 0 Å². The van der Waals surface area contributed by atoms with E-state index in [0.717, 1.165) is 48.8 Å². The second-order valence-corrected chi connectivity index (χ2v) is 11.5. The maximum atomic E-state index is 11.6. The lowest BCUT2D eigenvalue weighted by Gasteiger charge is -2.30. The van der Waals surface area contributed by atoms with Crippen molar-refractivity contribution in [3.05, 3.63) is 65.6 Å². The Balaban J connectivity index is 1.20. The maximum absolute atomic E-state index is 11.6. The Morgan fingerprint density at radius 2 is 1.73 bits per heavy atom. The molecule has 3 aromatic rings. The minimum Gasteiger partial charge on any atom is -0.489 e. The average molecular weight is 560 g/mol. The lowest BCUT2D eigenvalue weighted by atomic mass is 10.0. The number of piperidine rings is 1. The summed E-state index contributed by atoms with van der Waals surface area (Å²) in [7, 11) is -3.71. The second-order valence-electron chi connectivity index (χ2n) is 9.98. The van der Waals surface area contributed by atoms with Crippen molar-refractivity contribution in [1.29, 1.82) is 5.26 Å². The van der Waals surface area contributed by atoms with Crippen molar-refractivity contribution < 1.29 is 17.9 Å². The Hall–Kier alpha value is -3.89. The van der Waals surface area contributed by atoms with Crippen molar-refractivity contribution in [2.45, 2.75) is 25.4 Å². The van der Waals surface area contributed by atoms with Crippen LogP contribution in [0.4, 0.5) is 11.4 Å². The number of nitriles is 1. The third kappa shape index (κ3) is 5.41. The maximum Gasteiger partial charge on any atom is 0.276 e. The van der Waals surface area contributed by atoms with Crippen LogP contribution in [0.1, 0.15) is 29.7 Å². The molecule has 0 radical (unpaired) electrons. The lowest BCUT2D eigenvalue weighted by molar-refractivity contribution is 0.122. The number of aliphatic imine (C=N–C) groups is 1. The zero-order valence-corrected chi connectivity index (χ0v) is 22.7. The Morgan fingerprint density at radius 1 is 1.00 bits per heavy atom. The summed E-state index contributed by atoms with van der Waals surface area (Å²) in [5.74, 6) is 0.454. The largest absolute Gasteiger partial charge is 0.489 e. The highest BCUT2D eigenvalue weighted by atomic mass is 32.2. The highest BCUT2D eigenvalue weighted by Crippen LogP contribution is 2.37. The first-order valence-electron chi connectivity index (χ1n) is 13.2. The number of ether oxygens (including phenoxy) is 2. The molecule has 0 bridgehead atoms. The fourth-order valence-corrected chi connectivity index (χ4v) is 6.03. The van der Waals surface area contributed by atoms with Crippen molar-refractivity contribution in [1.82, 2.24) is 14.3 Å². The van der Waals surface area contributed by atoms with E-state index in [0.29, 0.717) is 42.0 Å². The number of hydrogen-bond acceptors (Lipinski definition) is 9. The summed E-state index contributed by atoms with van der Waals surface area (Å²) in [5, 5.41) is 15.1. The Kier molecular flexibility index (Phi) is 7.20. The van der Waals surface area contributed by atoms with E-state index in [1.807, 2.05) is 6.07 Å². The molecule has 0 amide bonds. The zero-order chi connectivity index (χ0) is 27.7. The monoisotopic (exact) mass is 559 g/mol. The molecular weight excluding hydrogens is 530 g/mol. The van der Waals surface area contributed by atoms with Gasteiger partial charge in [-0.15, -0.1) is 0 Å². The van der Waals surface area contributed by atoms with Crippen LogP contribution in [0.5, 0.6) is 5.75 Å². The zero-order valence-electron chi connectivity index (χ0n) is 21.9. The van der Waals surface area contributed by atoms with E-state index < -0.39 is 10.2 Å². The van der Waals surface area contributed by atoms with Crippen molar-refractivity contribution in [3.63, 3.8) is 0 Å². The first kappa shape index (κ1) is 26.3. The molecule has 12 heteroatoms. The predicted octanol–water partition coefficient (Wildman–Crippen LogP) is 2.58. The van der Waals surface area contributed by atoms with Crippen LogP contribution in [0.3, 0.4) is 0 Å². The molecule has 0 spiro atoms. The van der Waals surface area contributed by atoms with Crippen molar-refractivity contribution in [2.24, 2.45) is 10.1 Å². The molecule has 4 heterocycles. The van der Waals surface area contributed by atoms with Gasteiger partial charge in [0.2, 0.25) is 0 Å². The van der Waals surface area contributed by atoms with Crippen LogP contribution in [0.15, 0.2) is 53.8 Å². The summed E-state index contributed by atoms with van der Waals surface area (Å²) in [6.45, 7) is 3.83. The average Bonchev–Trinajstić information content (AvgIpc) is 3.42. The molecule has 40 heavy (non-hydrogen) atoms. The second kappa shape index (κ2) is 10.9. The van der Waals surface area contributed by atoms with Gasteiger partial charge in [-0.2, -0.15) is 18.0 Å². The number of nitrogens with zero attached hydrogens (tertiary/aromatic N) is 6. The van der Waals surface area contributed by atoms with E-state index in [4.69, 9.17) is 19.6 Å². The highest BCUT2D eigenvalue weighted by molar-refractivity contribution is 7.86. The molecule has 2 aromatic carbocycles. The van der Waals surface area contributed by atoms with Crippen LogP contribution in [-0.4, -0.2) is 73.9 Å². The molecule has 11 nitrogen and oxygen atoms in total. The van der Waals surface area contributed by atoms with Crippen LogP contribution in [0.2, 0.25) is 0 Å². The number of hydrogen-bond donors (Lipinski definition) is 1. The Morgan fingerprint density at radius 3 is 2.42 bits per heavy atom. The van der Waals surface area contributed by atoms with Crippen LogP contribution in [0.25, 0.3) is 11.3 Å². The van der Waals surface area contributed by atoms with E-state index in [-0.39, 0.29) is 19.2 Å². The first-order chi connectivity index (χ1) is 19.4. The van der Waals surface area contributed by atoms with Gasteiger partial charge >= 0.3 is 0 Å². The number of aromatic nitrogens is 2. The summed E-state index contributed by atoms with van der Waals surface area (Å²) in [6, 6.07) is 16.0. The van der Waals surface area contributed by atoms with Crippen LogP contribution in [0, 0.1) is 11.3 Å². The van der Waals surface area contributed by atoms with E-state index in [1.54, 1.807) is 12.1 Å². The van der Waals surface area contributed by atoms with Gasteiger partial charge in [0, 0.05) is 43.9 Å². The molecule has 6 rings (SSSR count). The van der Waals surface area contributed by atoms with E-state index >= 15 is 0 Å². The molecule has 0 atom stereocenters. The van der Waals surface area contributed by atoms with Gasteiger partial charge < -0.3 is 14.4 Å². The molecule has 2 N–H and O–H groups in total. The van der Waals surface area contributed by atoms with E-state index in [1.165, 1.54) is 16.3 Å². The molecule has 3 aliphatic rings. The van der Waals surface area contributed by atoms with Crippen LogP contribution in [-0.2, 0) is 21.4 Å². The van der Waals surface area contributed by atoms with Gasteiger partial charge in [-0.05, 0) is 48.7 Å². The quantitative estimate of drug-likeness (QED) is 0.485. The third-order valence-electron chi connectivity index (χ3n) is 7.48. The van der Waals surface area contributed by atoms with Crippen LogP contribution >= 0.6 is 0 Å². The van der Waals surface area contributed by atoms with Crippen molar-refractivity contribution in [2.75, 3.05) is 44.3 Å². The summed E-state index contributed by atoms with van der Waals surface area (Å²) in [4.78, 5) is 16.2. The topological polar surface area (TPSA) is 147 Å². The number of fused-ring (bicyclic) bond motifs is 1. The Labute approximate surface area is 233 Å². The van der Waals surface area contributed by atoms with Gasteiger partial charge in [0.05, 0.1) is 35.9 Å². The standard InChI is InChI=1S/C28H29N7O4S/c29-17-21-15-20(3-6-26(21)39-23-7-9-35(10-8-23)40(30,36)37)27-28-25(31-18-32-27)16-24(33-28)19-1-4-22(5-2-19)34-11-13-38-14-12-34/h1-6,15,18,23H,7-14,16H2,(H2,30,36,37). The minimum atomic E-state index is -3.71. The molecule has 2 saturated heterocycles. The normalized spacial score (nSPS) is 18.2. The lowest BCUT2D eigenvalue weighted by Crippen LogP contribution is -2.44. The van der Waals surface area contributed by atoms with Crippen molar-refractivity contribution >= 4 is 27.3 Å². The molecule has 1 aromatic heterocycles. The third-order valence-corrected chi connectivity index (χ3v) is 8.57. The van der Waals surface area contributed by atoms with E-state index in [9.17, 15) is 13.7 Å². The molecular formula is C28H29N7O4S.